The van der Waals surface area contributed by atoms with Gasteiger partial charge in [0.1, 0.15) is 11.5 Å². The lowest BCUT2D eigenvalue weighted by Gasteiger charge is -2.46. The lowest BCUT2D eigenvalue weighted by Crippen LogP contribution is -2.55. The van der Waals surface area contributed by atoms with Gasteiger partial charge in [-0.3, -0.25) is 9.69 Å². The highest BCUT2D eigenvalue weighted by Gasteiger charge is 2.45. The fraction of sp³-hybridized carbons (Fsp3) is 0.444. The number of hydrogen-bond donors (Lipinski definition) is 2. The summed E-state index contributed by atoms with van der Waals surface area (Å²) in [6.07, 6.45) is 3.45. The number of ether oxygens (including phenoxy) is 1. The van der Waals surface area contributed by atoms with Crippen LogP contribution in [0.5, 0.6) is 11.6 Å². The monoisotopic (exact) mass is 491 g/mol. The molecule has 36 heavy (non-hydrogen) atoms. The molecule has 9 nitrogen and oxygen atoms in total. The number of rotatable bonds is 9. The van der Waals surface area contributed by atoms with Crippen molar-refractivity contribution in [2.45, 2.75) is 33.6 Å². The fourth-order valence-corrected chi connectivity index (χ4v) is 5.03. The summed E-state index contributed by atoms with van der Waals surface area (Å²) in [6.45, 7) is 15.1. The molecule has 2 fully saturated rings. The van der Waals surface area contributed by atoms with Crippen molar-refractivity contribution in [2.24, 2.45) is 5.41 Å². The number of likely N-dealkylation sites (tertiary alicyclic amines) is 2. The molecule has 2 aromatic heterocycles. The number of Topliss-reactive ketones (excluding diaryl/α,β-unsaturated/α-hetero) is 1. The molecule has 2 aliphatic rings. The minimum atomic E-state index is 0.113. The van der Waals surface area contributed by atoms with Gasteiger partial charge in [0.25, 0.3) is 0 Å². The van der Waals surface area contributed by atoms with Crippen LogP contribution >= 0.6 is 0 Å². The molecular formula is C27H37N7O2. The molecule has 9 heteroatoms. The Morgan fingerprint density at radius 3 is 2.75 bits per heavy atom. The molecule has 0 saturated carbocycles. The molecule has 2 saturated heterocycles. The third-order valence-corrected chi connectivity index (χ3v) is 6.39. The molecule has 0 unspecified atom stereocenters. The SMILES string of the molecule is C=C(NCN1CCC2(CN(C)C2)C1)Nc1cn2nc(Oc3cccc(CC(C)=O)c3)ccc2n1.CC. The van der Waals surface area contributed by atoms with Gasteiger partial charge in [0, 0.05) is 44.1 Å². The smallest absolute Gasteiger partial charge is 0.237 e. The third-order valence-electron chi connectivity index (χ3n) is 6.39. The fourth-order valence-electron chi connectivity index (χ4n) is 5.03. The second-order valence-corrected chi connectivity index (χ2v) is 9.64. The maximum Gasteiger partial charge on any atom is 0.237 e. The minimum Gasteiger partial charge on any atom is -0.438 e. The highest BCUT2D eigenvalue weighted by Crippen LogP contribution is 2.38. The van der Waals surface area contributed by atoms with Gasteiger partial charge < -0.3 is 20.3 Å². The molecule has 3 aromatic rings. The van der Waals surface area contributed by atoms with Crippen LogP contribution in [0.3, 0.4) is 0 Å². The van der Waals surface area contributed by atoms with Crippen LogP contribution in [0.2, 0.25) is 0 Å². The Bertz CT molecular complexity index is 1220. The van der Waals surface area contributed by atoms with E-state index < -0.39 is 0 Å². The summed E-state index contributed by atoms with van der Waals surface area (Å²) >= 11 is 0. The van der Waals surface area contributed by atoms with E-state index in [0.717, 1.165) is 25.3 Å². The number of aromatic nitrogens is 3. The Morgan fingerprint density at radius 1 is 1.19 bits per heavy atom. The zero-order valence-electron chi connectivity index (χ0n) is 21.8. The second kappa shape index (κ2) is 11.1. The van der Waals surface area contributed by atoms with Crippen LogP contribution in [0.25, 0.3) is 5.65 Å². The van der Waals surface area contributed by atoms with Gasteiger partial charge in [-0.05, 0) is 44.2 Å². The van der Waals surface area contributed by atoms with Gasteiger partial charge in [0.2, 0.25) is 5.88 Å². The van der Waals surface area contributed by atoms with Gasteiger partial charge in [-0.25, -0.2) is 9.50 Å². The summed E-state index contributed by atoms with van der Waals surface area (Å²) in [5.41, 5.74) is 2.10. The van der Waals surface area contributed by atoms with E-state index in [1.165, 1.54) is 19.5 Å². The largest absolute Gasteiger partial charge is 0.438 e. The van der Waals surface area contributed by atoms with Crippen LogP contribution in [-0.2, 0) is 11.2 Å². The number of fused-ring (bicyclic) bond motifs is 1. The van der Waals surface area contributed by atoms with Crippen molar-refractivity contribution in [2.75, 3.05) is 45.2 Å². The Labute approximate surface area is 213 Å². The number of carbonyl (C=O) groups excluding carboxylic acids is 1. The number of nitrogens with one attached hydrogen (secondary N) is 2. The molecule has 0 atom stereocenters. The first-order valence-corrected chi connectivity index (χ1v) is 12.6. The minimum absolute atomic E-state index is 0.113. The van der Waals surface area contributed by atoms with Gasteiger partial charge in [-0.1, -0.05) is 32.6 Å². The maximum absolute atomic E-state index is 11.4. The zero-order chi connectivity index (χ0) is 25.7. The van der Waals surface area contributed by atoms with E-state index in [1.54, 1.807) is 23.7 Å². The van der Waals surface area contributed by atoms with E-state index in [1.807, 2.05) is 44.2 Å². The topological polar surface area (TPSA) is 87.0 Å². The van der Waals surface area contributed by atoms with Crippen LogP contribution < -0.4 is 15.4 Å². The number of hydrogen-bond acceptors (Lipinski definition) is 8. The quantitative estimate of drug-likeness (QED) is 0.468. The van der Waals surface area contributed by atoms with Crippen molar-refractivity contribution < 1.29 is 9.53 Å². The number of carbonyl (C=O) groups is 1. The van der Waals surface area contributed by atoms with Gasteiger partial charge in [0.15, 0.2) is 11.5 Å². The highest BCUT2D eigenvalue weighted by atomic mass is 16.5. The lowest BCUT2D eigenvalue weighted by atomic mass is 9.80. The van der Waals surface area contributed by atoms with Gasteiger partial charge in [0.05, 0.1) is 18.7 Å². The molecule has 5 rings (SSSR count). The van der Waals surface area contributed by atoms with E-state index in [4.69, 9.17) is 4.74 Å². The van der Waals surface area contributed by atoms with E-state index >= 15 is 0 Å². The summed E-state index contributed by atoms with van der Waals surface area (Å²) in [5.74, 6) is 2.55. The van der Waals surface area contributed by atoms with Crippen molar-refractivity contribution in [3.63, 3.8) is 0 Å². The average molecular weight is 492 g/mol. The third kappa shape index (κ3) is 6.22. The predicted molar refractivity (Wildman–Crippen MR) is 142 cm³/mol. The summed E-state index contributed by atoms with van der Waals surface area (Å²) in [6, 6.07) is 11.1. The van der Waals surface area contributed by atoms with E-state index in [-0.39, 0.29) is 5.78 Å². The van der Waals surface area contributed by atoms with E-state index in [2.05, 4.69) is 44.1 Å². The Kier molecular flexibility index (Phi) is 7.91. The molecule has 0 amide bonds. The predicted octanol–water partition coefficient (Wildman–Crippen LogP) is 3.75. The van der Waals surface area contributed by atoms with Gasteiger partial charge in [-0.2, -0.15) is 0 Å². The van der Waals surface area contributed by atoms with Crippen molar-refractivity contribution in [3.8, 4) is 11.6 Å². The maximum atomic E-state index is 11.4. The van der Waals surface area contributed by atoms with Gasteiger partial charge >= 0.3 is 0 Å². The molecule has 192 valence electrons. The summed E-state index contributed by atoms with van der Waals surface area (Å²) in [7, 11) is 2.19. The highest BCUT2D eigenvalue weighted by molar-refractivity contribution is 5.78. The standard InChI is InChI=1S/C25H31N7O2.C2H6/c1-18(33)11-20-5-4-6-21(12-20)34-24-8-7-23-28-22(13-32(23)29-24)27-19(2)26-17-31-10-9-25(16-31)14-30(3)15-25;1-2/h4-8,12-13,26-27H,2,9-11,14-17H2,1,3H3;1-2H3. The number of ketones is 1. The molecule has 1 spiro atoms. The van der Waals surface area contributed by atoms with E-state index in [9.17, 15) is 4.79 Å². The average Bonchev–Trinajstić information content (AvgIpc) is 3.42. The molecule has 2 N–H and O–H groups in total. The summed E-state index contributed by atoms with van der Waals surface area (Å²) in [4.78, 5) is 20.8. The van der Waals surface area contributed by atoms with Crippen LogP contribution in [-0.4, -0.2) is 70.1 Å². The Balaban J connectivity index is 0.00000148. The molecule has 0 radical (unpaired) electrons. The molecule has 1 aromatic carbocycles. The number of anilines is 1. The molecular weight excluding hydrogens is 454 g/mol. The van der Waals surface area contributed by atoms with Crippen LogP contribution in [0.4, 0.5) is 5.82 Å². The second-order valence-electron chi connectivity index (χ2n) is 9.64. The number of benzene rings is 1. The van der Waals surface area contributed by atoms with Crippen LogP contribution in [0.1, 0.15) is 32.8 Å². The van der Waals surface area contributed by atoms with Crippen molar-refractivity contribution in [1.29, 1.82) is 0 Å². The normalized spacial score (nSPS) is 16.8. The number of nitrogens with zero attached hydrogens (tertiary/aromatic N) is 5. The zero-order valence-corrected chi connectivity index (χ0v) is 21.8. The lowest BCUT2D eigenvalue weighted by molar-refractivity contribution is -0.116. The Morgan fingerprint density at radius 2 is 2.00 bits per heavy atom. The summed E-state index contributed by atoms with van der Waals surface area (Å²) in [5, 5.41) is 11.1. The molecule has 2 aliphatic heterocycles. The van der Waals surface area contributed by atoms with Crippen molar-refractivity contribution in [3.05, 3.63) is 60.6 Å². The van der Waals surface area contributed by atoms with Crippen LogP contribution in [0.15, 0.2) is 55.0 Å². The molecule has 0 bridgehead atoms. The van der Waals surface area contributed by atoms with Crippen LogP contribution in [0, 0.1) is 5.41 Å². The van der Waals surface area contributed by atoms with Gasteiger partial charge in [-0.15, -0.1) is 5.10 Å². The molecule has 0 aliphatic carbocycles. The first-order valence-electron chi connectivity index (χ1n) is 12.6. The Hall–Kier alpha value is -3.43. The van der Waals surface area contributed by atoms with Crippen molar-refractivity contribution in [1.82, 2.24) is 29.7 Å². The number of imidazole rings is 1. The molecule has 4 heterocycles. The van der Waals surface area contributed by atoms with Crippen molar-refractivity contribution >= 4 is 17.2 Å². The first kappa shape index (κ1) is 25.7. The van der Waals surface area contributed by atoms with E-state index in [0.29, 0.717) is 40.8 Å². The summed E-state index contributed by atoms with van der Waals surface area (Å²) < 4.78 is 7.57. The first-order chi connectivity index (χ1) is 17.4.